The van der Waals surface area contributed by atoms with Gasteiger partial charge >= 0.3 is 0 Å². The average Bonchev–Trinajstić information content (AvgIpc) is 2.85. The van der Waals surface area contributed by atoms with Crippen LogP contribution in [0.25, 0.3) is 0 Å². The van der Waals surface area contributed by atoms with E-state index in [4.69, 9.17) is 34.8 Å². The van der Waals surface area contributed by atoms with Gasteiger partial charge in [0.15, 0.2) is 0 Å². The van der Waals surface area contributed by atoms with Gasteiger partial charge in [0.05, 0.1) is 16.5 Å². The maximum absolute atomic E-state index is 13.7. The lowest BCUT2D eigenvalue weighted by atomic mass is 10.0. The molecule has 0 heterocycles. The van der Waals surface area contributed by atoms with Crippen molar-refractivity contribution >= 4 is 46.6 Å². The van der Waals surface area contributed by atoms with Gasteiger partial charge < -0.3 is 10.2 Å². The van der Waals surface area contributed by atoms with Crippen LogP contribution in [-0.4, -0.2) is 28.8 Å². The smallest absolute Gasteiger partial charge is 0.243 e. The molecule has 4 nitrogen and oxygen atoms in total. The number of amides is 2. The number of rotatable bonds is 10. The standard InChI is InChI=1S/C28H29Cl3N2O2/c1-3-19(2)32-28(35)26(16-20-7-5-4-6-8-20)33(18-22-11-14-24(30)25(31)15-22)27(34)17-21-9-12-23(29)13-10-21/h4-15,19,26H,3,16-18H2,1-2H3,(H,32,35)/t19-,26+/m1/s1. The molecule has 0 aliphatic rings. The summed E-state index contributed by atoms with van der Waals surface area (Å²) in [4.78, 5) is 28.8. The van der Waals surface area contributed by atoms with E-state index in [0.29, 0.717) is 21.5 Å². The summed E-state index contributed by atoms with van der Waals surface area (Å²) in [6, 6.07) is 21.4. The minimum Gasteiger partial charge on any atom is -0.352 e. The molecule has 0 unspecified atom stereocenters. The Morgan fingerprint density at radius 1 is 0.857 bits per heavy atom. The normalized spacial score (nSPS) is 12.6. The maximum Gasteiger partial charge on any atom is 0.243 e. The van der Waals surface area contributed by atoms with Gasteiger partial charge in [-0.2, -0.15) is 0 Å². The quantitative estimate of drug-likeness (QED) is 0.315. The maximum atomic E-state index is 13.7. The summed E-state index contributed by atoms with van der Waals surface area (Å²) in [5.41, 5.74) is 2.58. The Hall–Kier alpha value is -2.53. The van der Waals surface area contributed by atoms with Crippen LogP contribution in [0.3, 0.4) is 0 Å². The van der Waals surface area contributed by atoms with Crippen LogP contribution in [0, 0.1) is 0 Å². The molecule has 1 N–H and O–H groups in total. The third-order valence-electron chi connectivity index (χ3n) is 5.88. The largest absolute Gasteiger partial charge is 0.352 e. The minimum atomic E-state index is -0.708. The Balaban J connectivity index is 1.98. The highest BCUT2D eigenvalue weighted by Crippen LogP contribution is 2.25. The fraction of sp³-hybridized carbons (Fsp3) is 0.286. The molecule has 0 aliphatic heterocycles. The van der Waals surface area contributed by atoms with Crippen LogP contribution < -0.4 is 5.32 Å². The summed E-state index contributed by atoms with van der Waals surface area (Å²) in [7, 11) is 0. The Morgan fingerprint density at radius 2 is 1.51 bits per heavy atom. The highest BCUT2D eigenvalue weighted by Gasteiger charge is 2.31. The van der Waals surface area contributed by atoms with Crippen LogP contribution in [0.5, 0.6) is 0 Å². The van der Waals surface area contributed by atoms with Crippen molar-refractivity contribution in [2.45, 2.75) is 51.7 Å². The summed E-state index contributed by atoms with van der Waals surface area (Å²) in [5.74, 6) is -0.355. The van der Waals surface area contributed by atoms with E-state index in [1.54, 1.807) is 29.2 Å². The number of benzene rings is 3. The average molecular weight is 532 g/mol. The van der Waals surface area contributed by atoms with E-state index in [1.807, 2.05) is 62.4 Å². The first-order chi connectivity index (χ1) is 16.8. The van der Waals surface area contributed by atoms with Gasteiger partial charge in [-0.05, 0) is 54.3 Å². The van der Waals surface area contributed by atoms with Gasteiger partial charge in [-0.15, -0.1) is 0 Å². The van der Waals surface area contributed by atoms with Gasteiger partial charge in [-0.25, -0.2) is 0 Å². The highest BCUT2D eigenvalue weighted by atomic mass is 35.5. The molecule has 0 saturated heterocycles. The second kappa shape index (κ2) is 13.0. The van der Waals surface area contributed by atoms with E-state index >= 15 is 0 Å². The van der Waals surface area contributed by atoms with Crippen LogP contribution in [-0.2, 0) is 29.0 Å². The molecule has 184 valence electrons. The van der Waals surface area contributed by atoms with Gasteiger partial charge in [0.25, 0.3) is 0 Å². The molecule has 0 fully saturated rings. The third kappa shape index (κ3) is 7.99. The van der Waals surface area contributed by atoms with Crippen LogP contribution >= 0.6 is 34.8 Å². The van der Waals surface area contributed by atoms with Crippen molar-refractivity contribution in [1.29, 1.82) is 0 Å². The first kappa shape index (κ1) is 27.1. The Morgan fingerprint density at radius 3 is 2.14 bits per heavy atom. The minimum absolute atomic E-state index is 0.0148. The number of carbonyl (C=O) groups is 2. The first-order valence-electron chi connectivity index (χ1n) is 11.6. The monoisotopic (exact) mass is 530 g/mol. The van der Waals surface area contributed by atoms with Crippen molar-refractivity contribution in [2.75, 3.05) is 0 Å². The molecule has 0 spiro atoms. The number of halogens is 3. The lowest BCUT2D eigenvalue weighted by Crippen LogP contribution is -2.52. The molecule has 0 saturated carbocycles. The van der Waals surface area contributed by atoms with Crippen molar-refractivity contribution in [2.24, 2.45) is 0 Å². The van der Waals surface area contributed by atoms with Gasteiger partial charge in [0.2, 0.25) is 11.8 Å². The molecular formula is C28H29Cl3N2O2. The number of nitrogens with one attached hydrogen (secondary N) is 1. The molecule has 3 aromatic carbocycles. The number of hydrogen-bond acceptors (Lipinski definition) is 2. The van der Waals surface area contributed by atoms with Crippen molar-refractivity contribution in [1.82, 2.24) is 10.2 Å². The predicted octanol–water partition coefficient (Wildman–Crippen LogP) is 6.74. The van der Waals surface area contributed by atoms with E-state index in [1.165, 1.54) is 0 Å². The van der Waals surface area contributed by atoms with Crippen LogP contribution in [0.4, 0.5) is 0 Å². The van der Waals surface area contributed by atoms with Gasteiger partial charge in [0.1, 0.15) is 6.04 Å². The molecule has 0 aliphatic carbocycles. The molecule has 2 amide bonds. The summed E-state index contributed by atoms with van der Waals surface area (Å²) >= 11 is 18.4. The summed E-state index contributed by atoms with van der Waals surface area (Å²) in [6.07, 6.45) is 1.31. The Bertz CT molecular complexity index is 1140. The predicted molar refractivity (Wildman–Crippen MR) is 144 cm³/mol. The van der Waals surface area contributed by atoms with Crippen LogP contribution in [0.1, 0.15) is 37.0 Å². The summed E-state index contributed by atoms with van der Waals surface area (Å²) in [5, 5.41) is 4.50. The molecule has 2 atom stereocenters. The van der Waals surface area contributed by atoms with E-state index in [2.05, 4.69) is 5.32 Å². The fourth-order valence-electron chi connectivity index (χ4n) is 3.71. The summed E-state index contributed by atoms with van der Waals surface area (Å²) in [6.45, 7) is 4.18. The second-order valence-corrected chi connectivity index (χ2v) is 9.85. The Kier molecular flexibility index (Phi) is 10.0. The van der Waals surface area contributed by atoms with E-state index < -0.39 is 6.04 Å². The zero-order valence-corrected chi connectivity index (χ0v) is 22.1. The van der Waals surface area contributed by atoms with Gasteiger partial charge in [0, 0.05) is 24.0 Å². The number of hydrogen-bond donors (Lipinski definition) is 1. The number of nitrogens with zero attached hydrogens (tertiary/aromatic N) is 1. The molecule has 0 radical (unpaired) electrons. The first-order valence-corrected chi connectivity index (χ1v) is 12.7. The van der Waals surface area contributed by atoms with Gasteiger partial charge in [-0.1, -0.05) is 90.3 Å². The van der Waals surface area contributed by atoms with E-state index in [-0.39, 0.29) is 30.8 Å². The van der Waals surface area contributed by atoms with E-state index in [9.17, 15) is 9.59 Å². The van der Waals surface area contributed by atoms with Crippen molar-refractivity contribution in [3.8, 4) is 0 Å². The lowest BCUT2D eigenvalue weighted by molar-refractivity contribution is -0.141. The topological polar surface area (TPSA) is 49.4 Å². The zero-order chi connectivity index (χ0) is 25.4. The molecule has 0 bridgehead atoms. The molecule has 3 rings (SSSR count). The molecule has 35 heavy (non-hydrogen) atoms. The molecule has 3 aromatic rings. The van der Waals surface area contributed by atoms with Crippen LogP contribution in [0.15, 0.2) is 72.8 Å². The SMILES string of the molecule is CC[C@@H](C)NC(=O)[C@H](Cc1ccccc1)N(Cc1ccc(Cl)c(Cl)c1)C(=O)Cc1ccc(Cl)cc1. The molecule has 7 heteroatoms. The van der Waals surface area contributed by atoms with Gasteiger partial charge in [-0.3, -0.25) is 9.59 Å². The van der Waals surface area contributed by atoms with E-state index in [0.717, 1.165) is 23.1 Å². The fourth-order valence-corrected chi connectivity index (χ4v) is 4.15. The highest BCUT2D eigenvalue weighted by molar-refractivity contribution is 6.42. The third-order valence-corrected chi connectivity index (χ3v) is 6.87. The lowest BCUT2D eigenvalue weighted by Gasteiger charge is -2.32. The zero-order valence-electron chi connectivity index (χ0n) is 19.8. The Labute approximate surface area is 222 Å². The second-order valence-electron chi connectivity index (χ2n) is 8.60. The van der Waals surface area contributed by atoms with Crippen molar-refractivity contribution in [3.05, 3.63) is 105 Å². The molecular weight excluding hydrogens is 503 g/mol. The van der Waals surface area contributed by atoms with Crippen molar-refractivity contribution < 1.29 is 9.59 Å². The number of carbonyl (C=O) groups excluding carboxylic acids is 2. The molecule has 0 aromatic heterocycles. The van der Waals surface area contributed by atoms with Crippen molar-refractivity contribution in [3.63, 3.8) is 0 Å². The van der Waals surface area contributed by atoms with Crippen LogP contribution in [0.2, 0.25) is 15.1 Å². The summed E-state index contributed by atoms with van der Waals surface area (Å²) < 4.78 is 0.